The number of carbonyl (C=O) groups is 1. The Bertz CT molecular complexity index is 639. The molecule has 1 fully saturated rings. The maximum absolute atomic E-state index is 12.0. The van der Waals surface area contributed by atoms with Crippen molar-refractivity contribution in [2.24, 2.45) is 7.05 Å². The van der Waals surface area contributed by atoms with E-state index in [0.717, 1.165) is 37.0 Å². The number of aromatic nitrogens is 1. The first-order chi connectivity index (χ1) is 9.72. The van der Waals surface area contributed by atoms with Crippen molar-refractivity contribution in [1.82, 2.24) is 9.88 Å². The first-order valence-electron chi connectivity index (χ1n) is 7.10. The van der Waals surface area contributed by atoms with E-state index in [4.69, 9.17) is 4.74 Å². The minimum Gasteiger partial charge on any atom is -0.381 e. The highest BCUT2D eigenvalue weighted by Gasteiger charge is 2.21. The summed E-state index contributed by atoms with van der Waals surface area (Å²) in [6.45, 7) is 1.65. The number of para-hydroxylation sites is 1. The Kier molecular flexibility index (Phi) is 3.49. The first kappa shape index (κ1) is 13.2. The van der Waals surface area contributed by atoms with Crippen molar-refractivity contribution in [2.45, 2.75) is 18.8 Å². The molecule has 1 aromatic carbocycles. The number of nitrogens with zero attached hydrogens (tertiary/aromatic N) is 1. The number of benzene rings is 1. The summed E-state index contributed by atoms with van der Waals surface area (Å²) in [5.41, 5.74) is 3.26. The fraction of sp³-hybridized carbons (Fsp3) is 0.438. The van der Waals surface area contributed by atoms with E-state index < -0.39 is 0 Å². The molecule has 1 N–H and O–H groups in total. The number of rotatable bonds is 2. The minimum atomic E-state index is -0.0280. The van der Waals surface area contributed by atoms with Gasteiger partial charge in [0.25, 0.3) is 5.91 Å². The summed E-state index contributed by atoms with van der Waals surface area (Å²) in [5.74, 6) is 0.498. The van der Waals surface area contributed by atoms with Gasteiger partial charge in [-0.2, -0.15) is 0 Å². The van der Waals surface area contributed by atoms with E-state index in [9.17, 15) is 4.79 Å². The Morgan fingerprint density at radius 1 is 1.35 bits per heavy atom. The fourth-order valence-corrected chi connectivity index (χ4v) is 3.15. The average Bonchev–Trinajstić information content (AvgIpc) is 2.85. The number of aryl methyl sites for hydroxylation is 1. The number of hydrogen-bond acceptors (Lipinski definition) is 2. The summed E-state index contributed by atoms with van der Waals surface area (Å²) in [6.07, 6.45) is 4.03. The highest BCUT2D eigenvalue weighted by molar-refractivity contribution is 6.07. The lowest BCUT2D eigenvalue weighted by Gasteiger charge is -2.23. The molecule has 4 heteroatoms. The van der Waals surface area contributed by atoms with Gasteiger partial charge in [-0.15, -0.1) is 0 Å². The lowest BCUT2D eigenvalue weighted by Crippen LogP contribution is -2.17. The van der Waals surface area contributed by atoms with Gasteiger partial charge in [0.15, 0.2) is 0 Å². The smallest absolute Gasteiger partial charge is 0.253 e. The van der Waals surface area contributed by atoms with E-state index in [1.54, 1.807) is 7.05 Å². The number of nitrogens with one attached hydrogen (secondary N) is 1. The lowest BCUT2D eigenvalue weighted by atomic mass is 9.90. The normalized spacial score (nSPS) is 16.5. The van der Waals surface area contributed by atoms with Crippen molar-refractivity contribution >= 4 is 16.8 Å². The zero-order valence-corrected chi connectivity index (χ0v) is 12.0. The molecular formula is C16H20N2O2. The van der Waals surface area contributed by atoms with Crippen molar-refractivity contribution < 1.29 is 9.53 Å². The molecule has 2 aromatic rings. The average molecular weight is 272 g/mol. The van der Waals surface area contributed by atoms with Gasteiger partial charge in [-0.3, -0.25) is 4.79 Å². The molecule has 0 spiro atoms. The van der Waals surface area contributed by atoms with Crippen LogP contribution in [-0.2, 0) is 11.8 Å². The van der Waals surface area contributed by atoms with Crippen molar-refractivity contribution in [3.63, 3.8) is 0 Å². The van der Waals surface area contributed by atoms with E-state index in [1.807, 2.05) is 19.3 Å². The molecule has 0 saturated carbocycles. The van der Waals surface area contributed by atoms with Crippen molar-refractivity contribution in [1.29, 1.82) is 0 Å². The van der Waals surface area contributed by atoms with Crippen LogP contribution in [0.2, 0.25) is 0 Å². The van der Waals surface area contributed by atoms with Gasteiger partial charge in [0, 0.05) is 38.9 Å². The molecule has 2 heterocycles. The first-order valence-corrected chi connectivity index (χ1v) is 7.10. The number of fused-ring (bicyclic) bond motifs is 1. The standard InChI is InChI=1S/C16H20N2O2/c1-17-16(19)14-10-18(2)15-12(4-3-5-13(14)15)11-6-8-20-9-7-11/h3-5,10-11H,6-9H2,1-2H3,(H,17,19). The van der Waals surface area contributed by atoms with Gasteiger partial charge in [0.1, 0.15) is 0 Å². The van der Waals surface area contributed by atoms with Crippen LogP contribution in [0.1, 0.15) is 34.7 Å². The molecule has 1 amide bonds. The van der Waals surface area contributed by atoms with Crippen molar-refractivity contribution in [3.8, 4) is 0 Å². The van der Waals surface area contributed by atoms with E-state index in [2.05, 4.69) is 22.0 Å². The molecule has 1 aromatic heterocycles. The second kappa shape index (κ2) is 5.29. The Morgan fingerprint density at radius 2 is 2.10 bits per heavy atom. The van der Waals surface area contributed by atoms with Gasteiger partial charge in [0.05, 0.1) is 11.1 Å². The van der Waals surface area contributed by atoms with E-state index in [-0.39, 0.29) is 5.91 Å². The van der Waals surface area contributed by atoms with Crippen LogP contribution in [-0.4, -0.2) is 30.7 Å². The molecule has 106 valence electrons. The Morgan fingerprint density at radius 3 is 2.80 bits per heavy atom. The predicted molar refractivity (Wildman–Crippen MR) is 79.1 cm³/mol. The van der Waals surface area contributed by atoms with Crippen LogP contribution in [0, 0.1) is 0 Å². The second-order valence-electron chi connectivity index (χ2n) is 5.36. The van der Waals surface area contributed by atoms with E-state index >= 15 is 0 Å². The molecule has 0 unspecified atom stereocenters. The molecule has 0 atom stereocenters. The summed E-state index contributed by atoms with van der Waals surface area (Å²) >= 11 is 0. The second-order valence-corrected chi connectivity index (χ2v) is 5.36. The molecule has 20 heavy (non-hydrogen) atoms. The fourth-order valence-electron chi connectivity index (χ4n) is 3.15. The zero-order valence-electron chi connectivity index (χ0n) is 12.0. The van der Waals surface area contributed by atoms with Gasteiger partial charge in [-0.05, 0) is 24.3 Å². The quantitative estimate of drug-likeness (QED) is 0.912. The van der Waals surface area contributed by atoms with Gasteiger partial charge in [-0.25, -0.2) is 0 Å². The third kappa shape index (κ3) is 2.10. The largest absolute Gasteiger partial charge is 0.381 e. The molecule has 0 radical (unpaired) electrons. The molecule has 4 nitrogen and oxygen atoms in total. The van der Waals surface area contributed by atoms with Crippen LogP contribution in [0.15, 0.2) is 24.4 Å². The summed E-state index contributed by atoms with van der Waals surface area (Å²) in [5, 5.41) is 3.75. The minimum absolute atomic E-state index is 0.0280. The summed E-state index contributed by atoms with van der Waals surface area (Å²) < 4.78 is 7.53. The summed E-state index contributed by atoms with van der Waals surface area (Å²) in [6, 6.07) is 6.27. The third-order valence-corrected chi connectivity index (χ3v) is 4.17. The number of amides is 1. The topological polar surface area (TPSA) is 43.3 Å². The molecule has 1 saturated heterocycles. The number of hydrogen-bond donors (Lipinski definition) is 1. The SMILES string of the molecule is CNC(=O)c1cn(C)c2c(C3CCOCC3)cccc12. The number of ether oxygens (including phenoxy) is 1. The third-order valence-electron chi connectivity index (χ3n) is 4.17. The van der Waals surface area contributed by atoms with Gasteiger partial charge in [-0.1, -0.05) is 18.2 Å². The van der Waals surface area contributed by atoms with Crippen molar-refractivity contribution in [3.05, 3.63) is 35.5 Å². The monoisotopic (exact) mass is 272 g/mol. The van der Waals surface area contributed by atoms with Crippen molar-refractivity contribution in [2.75, 3.05) is 20.3 Å². The molecule has 1 aliphatic heterocycles. The van der Waals surface area contributed by atoms with Gasteiger partial charge in [0.2, 0.25) is 0 Å². The maximum Gasteiger partial charge on any atom is 0.253 e. The Balaban J connectivity index is 2.14. The molecule has 3 rings (SSSR count). The van der Waals surface area contributed by atoms with E-state index in [1.165, 1.54) is 11.1 Å². The van der Waals surface area contributed by atoms with Crippen LogP contribution in [0.25, 0.3) is 10.9 Å². The lowest BCUT2D eigenvalue weighted by molar-refractivity contribution is 0.0855. The van der Waals surface area contributed by atoms with Crippen LogP contribution in [0.4, 0.5) is 0 Å². The van der Waals surface area contributed by atoms with Crippen LogP contribution < -0.4 is 5.32 Å². The molecule has 0 aliphatic carbocycles. The van der Waals surface area contributed by atoms with Gasteiger partial charge >= 0.3 is 0 Å². The Labute approximate surface area is 118 Å². The Hall–Kier alpha value is -1.81. The molecule has 1 aliphatic rings. The van der Waals surface area contributed by atoms with Crippen LogP contribution >= 0.6 is 0 Å². The van der Waals surface area contributed by atoms with Crippen LogP contribution in [0.5, 0.6) is 0 Å². The highest BCUT2D eigenvalue weighted by Crippen LogP contribution is 2.34. The number of carbonyl (C=O) groups excluding carboxylic acids is 1. The molecule has 0 bridgehead atoms. The highest BCUT2D eigenvalue weighted by atomic mass is 16.5. The summed E-state index contributed by atoms with van der Waals surface area (Å²) in [4.78, 5) is 12.0. The van der Waals surface area contributed by atoms with Crippen LogP contribution in [0.3, 0.4) is 0 Å². The predicted octanol–water partition coefficient (Wildman–Crippen LogP) is 2.43. The molecular weight excluding hydrogens is 252 g/mol. The van der Waals surface area contributed by atoms with Gasteiger partial charge < -0.3 is 14.6 Å². The zero-order chi connectivity index (χ0) is 14.1. The summed E-state index contributed by atoms with van der Waals surface area (Å²) in [7, 11) is 3.68. The van der Waals surface area contributed by atoms with E-state index in [0.29, 0.717) is 5.92 Å². The maximum atomic E-state index is 12.0.